The molecule has 4 heteroatoms. The van der Waals surface area contributed by atoms with E-state index in [1.165, 1.54) is 0 Å². The molecule has 0 atom stereocenters. The number of rotatable bonds is 2. The summed E-state index contributed by atoms with van der Waals surface area (Å²) < 4.78 is 0. The van der Waals surface area contributed by atoms with Gasteiger partial charge in [0.15, 0.2) is 0 Å². The molecular weight excluding hydrogens is 236 g/mol. The maximum atomic E-state index is 4.12. The SMILES string of the molecule is C/C(=C1N=NC/1=C\c1cccnc1)c1cccnc1. The second-order valence-corrected chi connectivity index (χ2v) is 4.23. The zero-order valence-corrected chi connectivity index (χ0v) is 10.5. The Kier molecular flexibility index (Phi) is 2.98. The van der Waals surface area contributed by atoms with Crippen LogP contribution in [0.3, 0.4) is 0 Å². The molecule has 4 nitrogen and oxygen atoms in total. The predicted octanol–water partition coefficient (Wildman–Crippen LogP) is 3.71. The minimum atomic E-state index is 0.884. The molecule has 2 aromatic heterocycles. The van der Waals surface area contributed by atoms with Crippen molar-refractivity contribution in [3.63, 3.8) is 0 Å². The number of nitrogens with zero attached hydrogens (tertiary/aromatic N) is 4. The number of allylic oxidation sites excluding steroid dienone is 1. The average molecular weight is 248 g/mol. The summed E-state index contributed by atoms with van der Waals surface area (Å²) >= 11 is 0. The van der Waals surface area contributed by atoms with Gasteiger partial charge >= 0.3 is 0 Å². The molecule has 0 spiro atoms. The Hall–Kier alpha value is -2.62. The van der Waals surface area contributed by atoms with Gasteiger partial charge in [-0.3, -0.25) is 9.97 Å². The van der Waals surface area contributed by atoms with Crippen molar-refractivity contribution in [3.05, 3.63) is 71.6 Å². The Balaban J connectivity index is 1.96. The van der Waals surface area contributed by atoms with E-state index in [2.05, 4.69) is 20.2 Å². The van der Waals surface area contributed by atoms with Gasteiger partial charge in [0, 0.05) is 24.8 Å². The van der Waals surface area contributed by atoms with E-state index in [9.17, 15) is 0 Å². The highest BCUT2D eigenvalue weighted by Gasteiger charge is 2.17. The van der Waals surface area contributed by atoms with Gasteiger partial charge in [-0.1, -0.05) is 12.1 Å². The molecule has 0 N–H and O–H groups in total. The zero-order chi connectivity index (χ0) is 13.1. The first-order valence-corrected chi connectivity index (χ1v) is 6.00. The van der Waals surface area contributed by atoms with Crippen LogP contribution in [0.5, 0.6) is 0 Å². The lowest BCUT2D eigenvalue weighted by Gasteiger charge is -2.13. The Morgan fingerprint density at radius 3 is 2.37 bits per heavy atom. The molecule has 0 bridgehead atoms. The molecule has 0 fully saturated rings. The van der Waals surface area contributed by atoms with E-state index in [0.717, 1.165) is 28.1 Å². The van der Waals surface area contributed by atoms with Crippen molar-refractivity contribution in [2.45, 2.75) is 6.92 Å². The maximum absolute atomic E-state index is 4.12. The molecule has 0 aromatic carbocycles. The highest BCUT2D eigenvalue weighted by molar-refractivity contribution is 5.74. The van der Waals surface area contributed by atoms with E-state index in [-0.39, 0.29) is 0 Å². The molecule has 1 aliphatic rings. The normalized spacial score (nSPS) is 18.3. The van der Waals surface area contributed by atoms with Crippen molar-refractivity contribution in [2.75, 3.05) is 0 Å². The second kappa shape index (κ2) is 4.94. The molecule has 1 aliphatic heterocycles. The summed E-state index contributed by atoms with van der Waals surface area (Å²) in [4.78, 5) is 8.20. The molecule has 0 unspecified atom stereocenters. The van der Waals surface area contributed by atoms with Crippen LogP contribution in [0, 0.1) is 0 Å². The summed E-state index contributed by atoms with van der Waals surface area (Å²) in [5, 5.41) is 8.18. The fourth-order valence-corrected chi connectivity index (χ4v) is 1.86. The molecule has 3 heterocycles. The molecular formula is C15H12N4. The third-order valence-electron chi connectivity index (χ3n) is 2.94. The lowest BCUT2D eigenvalue weighted by Crippen LogP contribution is -1.97. The maximum Gasteiger partial charge on any atom is 0.117 e. The lowest BCUT2D eigenvalue weighted by atomic mass is 10.0. The van der Waals surface area contributed by atoms with Crippen LogP contribution in [-0.4, -0.2) is 9.97 Å². The Morgan fingerprint density at radius 2 is 1.79 bits per heavy atom. The van der Waals surface area contributed by atoms with Crippen molar-refractivity contribution < 1.29 is 0 Å². The fourth-order valence-electron chi connectivity index (χ4n) is 1.86. The van der Waals surface area contributed by atoms with E-state index in [4.69, 9.17) is 0 Å². The molecule has 0 saturated heterocycles. The highest BCUT2D eigenvalue weighted by Crippen LogP contribution is 2.33. The van der Waals surface area contributed by atoms with Gasteiger partial charge in [-0.05, 0) is 41.8 Å². The van der Waals surface area contributed by atoms with Crippen LogP contribution in [-0.2, 0) is 0 Å². The Labute approximate surface area is 111 Å². The number of aromatic nitrogens is 2. The highest BCUT2D eigenvalue weighted by atomic mass is 15.2. The lowest BCUT2D eigenvalue weighted by molar-refractivity contribution is 0.972. The van der Waals surface area contributed by atoms with Gasteiger partial charge in [-0.15, -0.1) is 10.2 Å². The molecule has 2 aromatic rings. The van der Waals surface area contributed by atoms with Gasteiger partial charge in [0.1, 0.15) is 11.4 Å². The van der Waals surface area contributed by atoms with Crippen LogP contribution in [0.4, 0.5) is 0 Å². The van der Waals surface area contributed by atoms with Gasteiger partial charge in [0.25, 0.3) is 0 Å². The Morgan fingerprint density at radius 1 is 1.00 bits per heavy atom. The van der Waals surface area contributed by atoms with Gasteiger partial charge in [0.2, 0.25) is 0 Å². The van der Waals surface area contributed by atoms with E-state index in [0.29, 0.717) is 0 Å². The standard InChI is InChI=1S/C15H12N4/c1-11(13-5-3-7-17-10-13)15-14(18-19-15)8-12-4-2-6-16-9-12/h2-10H,1H3/b14-8-,15-11-. The average Bonchev–Trinajstić information content (AvgIpc) is 2.46. The molecule has 0 saturated carbocycles. The molecule has 19 heavy (non-hydrogen) atoms. The van der Waals surface area contributed by atoms with Gasteiger partial charge in [0.05, 0.1) is 0 Å². The number of pyridine rings is 2. The van der Waals surface area contributed by atoms with Crippen molar-refractivity contribution in [3.8, 4) is 0 Å². The fraction of sp³-hybridized carbons (Fsp3) is 0.0667. The summed E-state index contributed by atoms with van der Waals surface area (Å²) in [7, 11) is 0. The third kappa shape index (κ3) is 2.33. The van der Waals surface area contributed by atoms with Crippen molar-refractivity contribution in [1.82, 2.24) is 9.97 Å². The smallest absolute Gasteiger partial charge is 0.117 e. The third-order valence-corrected chi connectivity index (χ3v) is 2.94. The zero-order valence-electron chi connectivity index (χ0n) is 10.5. The predicted molar refractivity (Wildman–Crippen MR) is 73.9 cm³/mol. The molecule has 0 amide bonds. The van der Waals surface area contributed by atoms with Crippen LogP contribution in [0.15, 0.2) is 70.7 Å². The first-order chi connectivity index (χ1) is 9.34. The summed E-state index contributed by atoms with van der Waals surface area (Å²) in [6.45, 7) is 2.03. The second-order valence-electron chi connectivity index (χ2n) is 4.23. The van der Waals surface area contributed by atoms with Crippen LogP contribution < -0.4 is 0 Å². The van der Waals surface area contributed by atoms with Gasteiger partial charge in [-0.2, -0.15) is 0 Å². The monoisotopic (exact) mass is 248 g/mol. The van der Waals surface area contributed by atoms with Crippen molar-refractivity contribution in [1.29, 1.82) is 0 Å². The van der Waals surface area contributed by atoms with E-state index in [1.54, 1.807) is 18.6 Å². The molecule has 92 valence electrons. The van der Waals surface area contributed by atoms with Crippen LogP contribution in [0.25, 0.3) is 11.6 Å². The number of hydrogen-bond acceptors (Lipinski definition) is 4. The topological polar surface area (TPSA) is 50.5 Å². The van der Waals surface area contributed by atoms with Gasteiger partial charge < -0.3 is 0 Å². The quantitative estimate of drug-likeness (QED) is 0.813. The van der Waals surface area contributed by atoms with Gasteiger partial charge in [-0.25, -0.2) is 0 Å². The summed E-state index contributed by atoms with van der Waals surface area (Å²) in [5.74, 6) is 0. The minimum absolute atomic E-state index is 0.884. The van der Waals surface area contributed by atoms with Crippen LogP contribution in [0.1, 0.15) is 18.1 Å². The van der Waals surface area contributed by atoms with E-state index < -0.39 is 0 Å². The first kappa shape index (κ1) is 11.5. The van der Waals surface area contributed by atoms with E-state index in [1.807, 2.05) is 43.5 Å². The number of hydrogen-bond donors (Lipinski definition) is 0. The number of azo groups is 1. The molecule has 0 aliphatic carbocycles. The summed E-state index contributed by atoms with van der Waals surface area (Å²) in [6.07, 6.45) is 9.13. The van der Waals surface area contributed by atoms with Crippen LogP contribution >= 0.6 is 0 Å². The van der Waals surface area contributed by atoms with Crippen molar-refractivity contribution >= 4 is 11.6 Å². The van der Waals surface area contributed by atoms with E-state index >= 15 is 0 Å². The van der Waals surface area contributed by atoms with Crippen LogP contribution in [0.2, 0.25) is 0 Å². The first-order valence-electron chi connectivity index (χ1n) is 6.00. The summed E-state index contributed by atoms with van der Waals surface area (Å²) in [5.41, 5.74) is 4.96. The molecule has 0 radical (unpaired) electrons. The largest absolute Gasteiger partial charge is 0.264 e. The van der Waals surface area contributed by atoms with Crippen molar-refractivity contribution in [2.24, 2.45) is 10.2 Å². The Bertz CT molecular complexity index is 670. The minimum Gasteiger partial charge on any atom is -0.264 e. The summed E-state index contributed by atoms with van der Waals surface area (Å²) in [6, 6.07) is 7.83. The molecule has 3 rings (SSSR count).